The highest BCUT2D eigenvalue weighted by atomic mass is 19.4. The number of rotatable bonds is 9. The molecule has 0 N–H and O–H groups in total. The van der Waals surface area contributed by atoms with E-state index in [1.807, 2.05) is 0 Å². The summed E-state index contributed by atoms with van der Waals surface area (Å²) in [6.07, 6.45) is 3.89. The number of imidazole rings is 1. The van der Waals surface area contributed by atoms with Crippen LogP contribution in [0.3, 0.4) is 0 Å². The van der Waals surface area contributed by atoms with Crippen LogP contribution < -0.4 is 14.2 Å². The fourth-order valence-electron chi connectivity index (χ4n) is 4.12. The first-order chi connectivity index (χ1) is 19.2. The quantitative estimate of drug-likeness (QED) is 0.235. The number of methoxy groups -OCH3 is 2. The van der Waals surface area contributed by atoms with Crippen LogP contribution in [0.2, 0.25) is 0 Å². The standard InChI is InChI=1S/C27H24F4N6O3/c1-4-9-37-12-20(27(29,30)31)35-24(37)17-8-5-15(10-18(17)28)13-40-25-19(38-2)11-32-23(36-25)21-22(16-6-7-16)33-14-34-26(21)39-3/h4-5,8-12,14,16H,6-7,13H2,1-3H3. The van der Waals surface area contributed by atoms with Crippen LogP contribution in [-0.2, 0) is 12.8 Å². The number of hydrogen-bond acceptors (Lipinski definition) is 8. The van der Waals surface area contributed by atoms with Gasteiger partial charge in [-0.3, -0.25) is 0 Å². The molecule has 0 bridgehead atoms. The molecule has 1 saturated carbocycles. The molecule has 0 radical (unpaired) electrons. The fourth-order valence-corrected chi connectivity index (χ4v) is 4.12. The molecule has 3 aromatic heterocycles. The Hall–Kier alpha value is -4.55. The lowest BCUT2D eigenvalue weighted by atomic mass is 10.1. The molecule has 0 atom stereocenters. The number of benzene rings is 1. The lowest BCUT2D eigenvalue weighted by molar-refractivity contribution is -0.140. The molecule has 208 valence electrons. The molecule has 1 aliphatic carbocycles. The van der Waals surface area contributed by atoms with E-state index in [-0.39, 0.29) is 41.4 Å². The summed E-state index contributed by atoms with van der Waals surface area (Å²) in [6, 6.07) is 4.06. The number of halogens is 4. The van der Waals surface area contributed by atoms with Crippen LogP contribution in [0.4, 0.5) is 17.6 Å². The average Bonchev–Trinajstić information content (AvgIpc) is 3.70. The van der Waals surface area contributed by atoms with Gasteiger partial charge in [0.15, 0.2) is 17.3 Å². The van der Waals surface area contributed by atoms with Crippen LogP contribution in [-0.4, -0.2) is 43.7 Å². The van der Waals surface area contributed by atoms with Crippen LogP contribution >= 0.6 is 0 Å². The minimum absolute atomic E-state index is 0.0944. The second kappa shape index (κ2) is 10.9. The molecule has 9 nitrogen and oxygen atoms in total. The maximum Gasteiger partial charge on any atom is 0.434 e. The van der Waals surface area contributed by atoms with Crippen LogP contribution in [0.15, 0.2) is 43.0 Å². The third kappa shape index (κ3) is 5.44. The third-order valence-electron chi connectivity index (χ3n) is 6.15. The van der Waals surface area contributed by atoms with E-state index in [9.17, 15) is 13.2 Å². The van der Waals surface area contributed by atoms with Crippen molar-refractivity contribution in [2.24, 2.45) is 0 Å². The summed E-state index contributed by atoms with van der Waals surface area (Å²) in [5.41, 5.74) is 0.533. The van der Waals surface area contributed by atoms with Gasteiger partial charge in [-0.15, -0.1) is 0 Å². The summed E-state index contributed by atoms with van der Waals surface area (Å²) in [6.45, 7) is 1.52. The van der Waals surface area contributed by atoms with E-state index >= 15 is 4.39 Å². The van der Waals surface area contributed by atoms with Gasteiger partial charge in [0.25, 0.3) is 5.88 Å². The number of ether oxygens (including phenoxy) is 3. The molecular formula is C27H24F4N6O3. The topological polar surface area (TPSA) is 97.1 Å². The molecule has 1 fully saturated rings. The molecule has 0 unspecified atom stereocenters. The number of nitrogens with zero attached hydrogens (tertiary/aromatic N) is 6. The Balaban J connectivity index is 1.42. The van der Waals surface area contributed by atoms with E-state index in [1.165, 1.54) is 57.2 Å². The first kappa shape index (κ1) is 27.0. The molecule has 0 amide bonds. The molecule has 3 heterocycles. The minimum Gasteiger partial charge on any atom is -0.490 e. The zero-order chi connectivity index (χ0) is 28.4. The molecule has 1 aliphatic rings. The smallest absolute Gasteiger partial charge is 0.434 e. The Bertz CT molecular complexity index is 1570. The molecule has 0 spiro atoms. The van der Waals surface area contributed by atoms with E-state index in [1.54, 1.807) is 6.92 Å². The molecule has 40 heavy (non-hydrogen) atoms. The molecule has 5 rings (SSSR count). The van der Waals surface area contributed by atoms with Crippen LogP contribution in [0.1, 0.15) is 42.6 Å². The highest BCUT2D eigenvalue weighted by Gasteiger charge is 2.35. The highest BCUT2D eigenvalue weighted by Crippen LogP contribution is 2.45. The van der Waals surface area contributed by atoms with Crippen molar-refractivity contribution in [1.29, 1.82) is 0 Å². The van der Waals surface area contributed by atoms with Gasteiger partial charge in [0, 0.05) is 18.3 Å². The lowest BCUT2D eigenvalue weighted by Crippen LogP contribution is -2.06. The van der Waals surface area contributed by atoms with Gasteiger partial charge < -0.3 is 18.8 Å². The zero-order valence-corrected chi connectivity index (χ0v) is 21.7. The van der Waals surface area contributed by atoms with E-state index < -0.39 is 17.7 Å². The van der Waals surface area contributed by atoms with Crippen molar-refractivity contribution in [3.8, 4) is 40.3 Å². The maximum atomic E-state index is 15.1. The number of alkyl halides is 3. The summed E-state index contributed by atoms with van der Waals surface area (Å²) in [5.74, 6) is 0.285. The van der Waals surface area contributed by atoms with Crippen molar-refractivity contribution in [2.75, 3.05) is 14.2 Å². The van der Waals surface area contributed by atoms with E-state index in [2.05, 4.69) is 24.9 Å². The summed E-state index contributed by atoms with van der Waals surface area (Å²) in [5, 5.41) is 0. The average molecular weight is 557 g/mol. The predicted molar refractivity (Wildman–Crippen MR) is 136 cm³/mol. The SMILES string of the molecule is CC=Cn1cc(C(F)(F)F)nc1-c1ccc(COc2nc(-c3c(OC)ncnc3C3CC3)ncc2OC)cc1F. The Labute approximate surface area is 226 Å². The second-order valence-electron chi connectivity index (χ2n) is 8.92. The van der Waals surface area contributed by atoms with Gasteiger partial charge in [-0.2, -0.15) is 18.2 Å². The minimum atomic E-state index is -4.67. The Morgan fingerprint density at radius 2 is 1.85 bits per heavy atom. The zero-order valence-electron chi connectivity index (χ0n) is 21.7. The van der Waals surface area contributed by atoms with Crippen molar-refractivity contribution >= 4 is 6.20 Å². The summed E-state index contributed by atoms with van der Waals surface area (Å²) >= 11 is 0. The number of hydrogen-bond donors (Lipinski definition) is 0. The van der Waals surface area contributed by atoms with Gasteiger partial charge in [-0.25, -0.2) is 24.3 Å². The van der Waals surface area contributed by atoms with Gasteiger partial charge in [-0.1, -0.05) is 12.1 Å². The third-order valence-corrected chi connectivity index (χ3v) is 6.15. The second-order valence-corrected chi connectivity index (χ2v) is 8.92. The molecule has 0 saturated heterocycles. The first-order valence-electron chi connectivity index (χ1n) is 12.2. The molecule has 0 aliphatic heterocycles. The molecule has 4 aromatic rings. The van der Waals surface area contributed by atoms with Crippen molar-refractivity contribution in [1.82, 2.24) is 29.5 Å². The van der Waals surface area contributed by atoms with Gasteiger partial charge in [0.05, 0.1) is 31.7 Å². The van der Waals surface area contributed by atoms with Gasteiger partial charge in [0.1, 0.15) is 30.1 Å². The summed E-state index contributed by atoms with van der Waals surface area (Å²) < 4.78 is 72.6. The van der Waals surface area contributed by atoms with Crippen LogP contribution in [0, 0.1) is 5.82 Å². The van der Waals surface area contributed by atoms with Crippen molar-refractivity contribution in [2.45, 2.75) is 38.5 Å². The van der Waals surface area contributed by atoms with E-state index in [0.29, 0.717) is 17.0 Å². The number of allylic oxidation sites excluding steroid dienone is 1. The van der Waals surface area contributed by atoms with E-state index in [0.717, 1.165) is 29.3 Å². The van der Waals surface area contributed by atoms with Crippen molar-refractivity contribution < 1.29 is 31.8 Å². The van der Waals surface area contributed by atoms with Crippen LogP contribution in [0.25, 0.3) is 29.0 Å². The monoisotopic (exact) mass is 556 g/mol. The Morgan fingerprint density at radius 3 is 2.50 bits per heavy atom. The largest absolute Gasteiger partial charge is 0.490 e. The summed E-state index contributed by atoms with van der Waals surface area (Å²) in [7, 11) is 2.93. The summed E-state index contributed by atoms with van der Waals surface area (Å²) in [4.78, 5) is 21.1. The van der Waals surface area contributed by atoms with E-state index in [4.69, 9.17) is 14.2 Å². The maximum absolute atomic E-state index is 15.1. The lowest BCUT2D eigenvalue weighted by Gasteiger charge is -2.14. The van der Waals surface area contributed by atoms with Crippen molar-refractivity contribution in [3.05, 3.63) is 65.8 Å². The Morgan fingerprint density at radius 1 is 1.05 bits per heavy atom. The first-order valence-corrected chi connectivity index (χ1v) is 12.2. The molecule has 13 heteroatoms. The molecular weight excluding hydrogens is 532 g/mol. The molecule has 1 aromatic carbocycles. The van der Waals surface area contributed by atoms with Gasteiger partial charge in [-0.05, 0) is 37.5 Å². The van der Waals surface area contributed by atoms with Crippen LogP contribution in [0.5, 0.6) is 17.5 Å². The van der Waals surface area contributed by atoms with Gasteiger partial charge >= 0.3 is 6.18 Å². The van der Waals surface area contributed by atoms with Gasteiger partial charge in [0.2, 0.25) is 5.88 Å². The predicted octanol–water partition coefficient (Wildman–Crippen LogP) is 5.92. The normalized spacial score (nSPS) is 13.6. The van der Waals surface area contributed by atoms with Crippen molar-refractivity contribution in [3.63, 3.8) is 0 Å². The Kier molecular flexibility index (Phi) is 7.37. The highest BCUT2D eigenvalue weighted by molar-refractivity contribution is 5.66. The number of aromatic nitrogens is 6. The fraction of sp³-hybridized carbons (Fsp3) is 0.296.